The van der Waals surface area contributed by atoms with Crippen LogP contribution in [-0.4, -0.2) is 21.1 Å². The summed E-state index contributed by atoms with van der Waals surface area (Å²) in [6, 6.07) is 8.16. The van der Waals surface area contributed by atoms with Gasteiger partial charge in [0.2, 0.25) is 0 Å². The smallest absolute Gasteiger partial charge is 0.166 e. The SMILES string of the molecule is CC(C)C(CBr)CSc1nc2ccccc2[nH]1. The van der Waals surface area contributed by atoms with Gasteiger partial charge in [-0.05, 0) is 24.0 Å². The molecule has 0 spiro atoms. The number of nitrogens with zero attached hydrogens (tertiary/aromatic N) is 1. The highest BCUT2D eigenvalue weighted by molar-refractivity contribution is 9.09. The van der Waals surface area contributed by atoms with Crippen molar-refractivity contribution in [1.82, 2.24) is 9.97 Å². The average molecular weight is 313 g/mol. The first kappa shape index (κ1) is 13.0. The standard InChI is InChI=1S/C13H17BrN2S/c1-9(2)10(7-14)8-17-13-15-11-5-3-4-6-12(11)16-13/h3-6,9-10H,7-8H2,1-2H3,(H,15,16). The molecule has 4 heteroatoms. The molecule has 0 saturated heterocycles. The van der Waals surface area contributed by atoms with E-state index in [1.807, 2.05) is 30.0 Å². The Kier molecular flexibility index (Phi) is 4.51. The zero-order valence-corrected chi connectivity index (χ0v) is 12.5. The van der Waals surface area contributed by atoms with E-state index >= 15 is 0 Å². The number of benzene rings is 1. The second-order valence-electron chi connectivity index (χ2n) is 4.53. The quantitative estimate of drug-likeness (QED) is 0.658. The van der Waals surface area contributed by atoms with Crippen LogP contribution in [0.2, 0.25) is 0 Å². The number of hydrogen-bond acceptors (Lipinski definition) is 2. The summed E-state index contributed by atoms with van der Waals surface area (Å²) in [4.78, 5) is 7.92. The van der Waals surface area contributed by atoms with Crippen LogP contribution in [-0.2, 0) is 0 Å². The molecule has 92 valence electrons. The van der Waals surface area contributed by atoms with Gasteiger partial charge < -0.3 is 4.98 Å². The maximum atomic E-state index is 4.57. The van der Waals surface area contributed by atoms with Crippen molar-refractivity contribution in [3.05, 3.63) is 24.3 Å². The molecule has 1 unspecified atom stereocenters. The summed E-state index contributed by atoms with van der Waals surface area (Å²) in [5, 5.41) is 2.08. The number of fused-ring (bicyclic) bond motifs is 1. The van der Waals surface area contributed by atoms with Crippen LogP contribution >= 0.6 is 27.7 Å². The second kappa shape index (κ2) is 5.91. The van der Waals surface area contributed by atoms with Crippen LogP contribution in [0.15, 0.2) is 29.4 Å². The third-order valence-corrected chi connectivity index (χ3v) is 4.84. The van der Waals surface area contributed by atoms with Gasteiger partial charge in [-0.2, -0.15) is 0 Å². The Balaban J connectivity index is 2.03. The van der Waals surface area contributed by atoms with Crippen molar-refractivity contribution in [1.29, 1.82) is 0 Å². The van der Waals surface area contributed by atoms with Crippen molar-refractivity contribution < 1.29 is 0 Å². The van der Waals surface area contributed by atoms with Gasteiger partial charge in [0.1, 0.15) is 0 Å². The fourth-order valence-corrected chi connectivity index (χ4v) is 4.10. The van der Waals surface area contributed by atoms with E-state index in [1.165, 1.54) is 0 Å². The minimum Gasteiger partial charge on any atom is -0.333 e. The summed E-state index contributed by atoms with van der Waals surface area (Å²) in [7, 11) is 0. The van der Waals surface area contributed by atoms with Crippen LogP contribution in [0, 0.1) is 11.8 Å². The van der Waals surface area contributed by atoms with E-state index in [4.69, 9.17) is 0 Å². The van der Waals surface area contributed by atoms with Crippen LogP contribution in [0.25, 0.3) is 11.0 Å². The number of aromatic nitrogens is 2. The summed E-state index contributed by atoms with van der Waals surface area (Å²) >= 11 is 5.39. The molecule has 0 aliphatic heterocycles. The number of rotatable bonds is 5. The number of para-hydroxylation sites is 2. The second-order valence-corrected chi connectivity index (χ2v) is 6.18. The van der Waals surface area contributed by atoms with Crippen LogP contribution in [0.5, 0.6) is 0 Å². The van der Waals surface area contributed by atoms with E-state index in [1.54, 1.807) is 0 Å². The molecule has 0 fully saturated rings. The van der Waals surface area contributed by atoms with E-state index < -0.39 is 0 Å². The molecule has 0 aliphatic rings. The fourth-order valence-electron chi connectivity index (χ4n) is 1.60. The molecule has 1 aromatic heterocycles. The number of H-pyrrole nitrogens is 1. The summed E-state index contributed by atoms with van der Waals surface area (Å²) in [6.07, 6.45) is 0. The van der Waals surface area contributed by atoms with Gasteiger partial charge in [0.05, 0.1) is 11.0 Å². The zero-order valence-electron chi connectivity index (χ0n) is 10.1. The minimum absolute atomic E-state index is 0.688. The number of alkyl halides is 1. The first-order valence-corrected chi connectivity index (χ1v) is 7.95. The monoisotopic (exact) mass is 312 g/mol. The van der Waals surface area contributed by atoms with E-state index in [0.717, 1.165) is 27.3 Å². The van der Waals surface area contributed by atoms with Crippen molar-refractivity contribution in [2.75, 3.05) is 11.1 Å². The van der Waals surface area contributed by atoms with Gasteiger partial charge in [-0.25, -0.2) is 4.98 Å². The molecule has 2 rings (SSSR count). The lowest BCUT2D eigenvalue weighted by Crippen LogP contribution is -2.12. The van der Waals surface area contributed by atoms with Gasteiger partial charge in [0, 0.05) is 11.1 Å². The number of imidazole rings is 1. The third-order valence-electron chi connectivity index (χ3n) is 2.94. The van der Waals surface area contributed by atoms with Gasteiger partial charge in [-0.1, -0.05) is 53.7 Å². The molecule has 0 aliphatic carbocycles. The van der Waals surface area contributed by atoms with E-state index in [0.29, 0.717) is 11.8 Å². The molecular weight excluding hydrogens is 296 g/mol. The van der Waals surface area contributed by atoms with Crippen molar-refractivity contribution in [3.8, 4) is 0 Å². The summed E-state index contributed by atoms with van der Waals surface area (Å²) in [5.41, 5.74) is 2.17. The van der Waals surface area contributed by atoms with Gasteiger partial charge in [0.15, 0.2) is 5.16 Å². The first-order valence-electron chi connectivity index (χ1n) is 5.84. The van der Waals surface area contributed by atoms with E-state index in [9.17, 15) is 0 Å². The van der Waals surface area contributed by atoms with Gasteiger partial charge >= 0.3 is 0 Å². The normalized spacial score (nSPS) is 13.4. The number of aromatic amines is 1. The van der Waals surface area contributed by atoms with Gasteiger partial charge in [-0.15, -0.1) is 0 Å². The Morgan fingerprint density at radius 1 is 1.35 bits per heavy atom. The molecule has 1 heterocycles. The van der Waals surface area contributed by atoms with Crippen molar-refractivity contribution in [3.63, 3.8) is 0 Å². The Hall–Kier alpha value is -0.480. The fraction of sp³-hybridized carbons (Fsp3) is 0.462. The lowest BCUT2D eigenvalue weighted by atomic mass is 10.0. The van der Waals surface area contributed by atoms with Gasteiger partial charge in [-0.3, -0.25) is 0 Å². The van der Waals surface area contributed by atoms with E-state index in [2.05, 4.69) is 45.8 Å². The molecule has 1 aromatic carbocycles. The lowest BCUT2D eigenvalue weighted by Gasteiger charge is -2.16. The van der Waals surface area contributed by atoms with Crippen molar-refractivity contribution in [2.24, 2.45) is 11.8 Å². The molecule has 17 heavy (non-hydrogen) atoms. The largest absolute Gasteiger partial charge is 0.333 e. The van der Waals surface area contributed by atoms with Crippen molar-refractivity contribution in [2.45, 2.75) is 19.0 Å². The highest BCUT2D eigenvalue weighted by Crippen LogP contribution is 2.25. The molecular formula is C13H17BrN2S. The number of nitrogens with one attached hydrogen (secondary N) is 1. The van der Waals surface area contributed by atoms with Crippen molar-refractivity contribution >= 4 is 38.7 Å². The molecule has 0 bridgehead atoms. The molecule has 0 amide bonds. The third kappa shape index (κ3) is 3.26. The van der Waals surface area contributed by atoms with Crippen LogP contribution in [0.4, 0.5) is 0 Å². The predicted octanol–water partition coefficient (Wildman–Crippen LogP) is 4.32. The Bertz CT molecular complexity index is 448. The van der Waals surface area contributed by atoms with Gasteiger partial charge in [0.25, 0.3) is 0 Å². The molecule has 1 N–H and O–H groups in total. The summed E-state index contributed by atoms with van der Waals surface area (Å²) in [5.74, 6) is 2.49. The number of halogens is 1. The topological polar surface area (TPSA) is 28.7 Å². The molecule has 2 nitrogen and oxygen atoms in total. The minimum atomic E-state index is 0.688. The Labute approximate surface area is 115 Å². The first-order chi connectivity index (χ1) is 8.20. The van der Waals surface area contributed by atoms with Crippen LogP contribution < -0.4 is 0 Å². The molecule has 2 aromatic rings. The maximum absolute atomic E-state index is 4.57. The molecule has 0 radical (unpaired) electrons. The number of thioether (sulfide) groups is 1. The number of hydrogen-bond donors (Lipinski definition) is 1. The summed E-state index contributed by atoms with van der Waals surface area (Å²) < 4.78 is 0. The Morgan fingerprint density at radius 3 is 2.76 bits per heavy atom. The zero-order chi connectivity index (χ0) is 12.3. The van der Waals surface area contributed by atoms with E-state index in [-0.39, 0.29) is 0 Å². The predicted molar refractivity (Wildman–Crippen MR) is 78.9 cm³/mol. The molecule has 1 atom stereocenters. The average Bonchev–Trinajstić information content (AvgIpc) is 2.71. The highest BCUT2D eigenvalue weighted by atomic mass is 79.9. The highest BCUT2D eigenvalue weighted by Gasteiger charge is 2.13. The van der Waals surface area contributed by atoms with Crippen LogP contribution in [0.3, 0.4) is 0 Å². The molecule has 0 saturated carbocycles. The lowest BCUT2D eigenvalue weighted by molar-refractivity contribution is 0.474. The maximum Gasteiger partial charge on any atom is 0.166 e. The summed E-state index contributed by atoms with van der Waals surface area (Å²) in [6.45, 7) is 4.54. The Morgan fingerprint density at radius 2 is 2.12 bits per heavy atom. The van der Waals surface area contributed by atoms with Crippen LogP contribution in [0.1, 0.15) is 13.8 Å².